The second kappa shape index (κ2) is 11.5. The van der Waals surface area contributed by atoms with Crippen LogP contribution < -0.4 is 4.74 Å². The lowest BCUT2D eigenvalue weighted by Gasteiger charge is -2.28. The molecule has 1 aliphatic rings. The van der Waals surface area contributed by atoms with E-state index in [0.717, 1.165) is 31.4 Å². The van der Waals surface area contributed by atoms with E-state index in [4.69, 9.17) is 18.8 Å². The van der Waals surface area contributed by atoms with Gasteiger partial charge in [0.15, 0.2) is 26.6 Å². The smallest absolute Gasteiger partial charge is 0.405 e. The molecule has 4 rings (SSSR count). The Kier molecular flexibility index (Phi) is 8.62. The zero-order valence-corrected chi connectivity index (χ0v) is 22.7. The molecule has 0 aromatic heterocycles. The van der Waals surface area contributed by atoms with E-state index in [1.165, 1.54) is 36.4 Å². The highest BCUT2D eigenvalue weighted by molar-refractivity contribution is 7.97. The summed E-state index contributed by atoms with van der Waals surface area (Å²) in [6.07, 6.45) is -0.418. The largest absolute Gasteiger partial charge is 0.483 e. The van der Waals surface area contributed by atoms with Gasteiger partial charge in [0, 0.05) is 23.8 Å². The summed E-state index contributed by atoms with van der Waals surface area (Å²) < 4.78 is 104. The van der Waals surface area contributed by atoms with Crippen molar-refractivity contribution in [1.29, 1.82) is 0 Å². The average Bonchev–Trinajstić information content (AvgIpc) is 3.09. The summed E-state index contributed by atoms with van der Waals surface area (Å²) in [5.41, 5.74) is 0.777. The first-order valence-electron chi connectivity index (χ1n) is 12.0. The zero-order valence-electron chi connectivity index (χ0n) is 21.1. The predicted octanol–water partition coefficient (Wildman–Crippen LogP) is 6.31. The van der Waals surface area contributed by atoms with E-state index in [-0.39, 0.29) is 5.75 Å². The van der Waals surface area contributed by atoms with Gasteiger partial charge in [-0.25, -0.2) is 8.78 Å². The van der Waals surface area contributed by atoms with Crippen molar-refractivity contribution in [3.63, 3.8) is 0 Å². The third-order valence-electron chi connectivity index (χ3n) is 6.17. The van der Waals surface area contributed by atoms with E-state index in [1.807, 2.05) is 31.2 Å². The van der Waals surface area contributed by atoms with Crippen molar-refractivity contribution in [3.05, 3.63) is 83.9 Å². The molecular weight excluding hydrogens is 560 g/mol. The van der Waals surface area contributed by atoms with E-state index in [0.29, 0.717) is 27.9 Å². The van der Waals surface area contributed by atoms with Crippen LogP contribution in [-0.4, -0.2) is 37.5 Å². The van der Waals surface area contributed by atoms with Crippen LogP contribution in [0.4, 0.5) is 17.6 Å². The van der Waals surface area contributed by atoms with Gasteiger partial charge in [-0.1, -0.05) is 0 Å². The molecule has 3 aromatic carbocycles. The molecule has 0 aliphatic carbocycles. The van der Waals surface area contributed by atoms with Gasteiger partial charge in [0.05, 0.1) is 24.1 Å². The molecule has 1 heterocycles. The van der Waals surface area contributed by atoms with Crippen molar-refractivity contribution in [1.82, 2.24) is 0 Å². The Hall–Kier alpha value is -2.64. The molecule has 3 aromatic rings. The minimum atomic E-state index is -5.69. The van der Waals surface area contributed by atoms with Gasteiger partial charge >= 0.3 is 15.4 Å². The highest BCUT2D eigenvalue weighted by atomic mass is 32.2. The Bertz CT molecular complexity index is 1370. The fourth-order valence-corrected chi connectivity index (χ4v) is 6.59. The third-order valence-corrected chi connectivity index (χ3v) is 9.38. The highest BCUT2D eigenvalue weighted by Crippen LogP contribution is 2.36. The zero-order chi connectivity index (χ0) is 28.4. The quantitative estimate of drug-likeness (QED) is 0.189. The van der Waals surface area contributed by atoms with Gasteiger partial charge in [-0.15, -0.1) is 0 Å². The lowest BCUT2D eigenvalue weighted by molar-refractivity contribution is -0.221. The van der Waals surface area contributed by atoms with Crippen LogP contribution >= 0.6 is 0 Å². The molecule has 0 saturated carbocycles. The van der Waals surface area contributed by atoms with Crippen molar-refractivity contribution in [3.8, 4) is 5.75 Å². The van der Waals surface area contributed by atoms with Crippen LogP contribution in [0.1, 0.15) is 32.3 Å². The lowest BCUT2D eigenvalue weighted by atomic mass is 10.1. The second-order valence-electron chi connectivity index (χ2n) is 9.05. The topological polar surface area (TPSA) is 82.1 Å². The van der Waals surface area contributed by atoms with E-state index in [9.17, 15) is 26.0 Å². The summed E-state index contributed by atoms with van der Waals surface area (Å²) in [7, 11) is -6.71. The van der Waals surface area contributed by atoms with Gasteiger partial charge in [0.2, 0.25) is 0 Å². The minimum absolute atomic E-state index is 0.0884. The Morgan fingerprint density at radius 2 is 1.38 bits per heavy atom. The molecule has 0 radical (unpaired) electrons. The molecule has 0 spiro atoms. The number of ether oxygens (including phenoxy) is 3. The SMILES string of the molecule is CC(Oc1ccc([S+](c2ccc(C3(C)OCCCCO3)cc2)c2cc(F)cc(F)c2)cc1)C(F)(F)S(=O)(=O)O. The number of hydrogen-bond donors (Lipinski definition) is 1. The molecule has 0 bridgehead atoms. The fourth-order valence-electron chi connectivity index (χ4n) is 4.03. The van der Waals surface area contributed by atoms with Gasteiger partial charge in [-0.2, -0.15) is 17.2 Å². The van der Waals surface area contributed by atoms with Crippen molar-refractivity contribution in [2.24, 2.45) is 0 Å². The molecule has 6 nitrogen and oxygen atoms in total. The first-order valence-corrected chi connectivity index (χ1v) is 14.7. The van der Waals surface area contributed by atoms with E-state index >= 15 is 0 Å². The molecular formula is C27H27F4O6S2+. The fraction of sp³-hybridized carbons (Fsp3) is 0.333. The minimum Gasteiger partial charge on any atom is -0.483 e. The van der Waals surface area contributed by atoms with Gasteiger partial charge in [-0.05, 0) is 75.2 Å². The molecule has 1 saturated heterocycles. The van der Waals surface area contributed by atoms with Crippen LogP contribution in [0.3, 0.4) is 0 Å². The third kappa shape index (κ3) is 6.58. The lowest BCUT2D eigenvalue weighted by Crippen LogP contribution is -2.42. The summed E-state index contributed by atoms with van der Waals surface area (Å²) in [6, 6.07) is 16.2. The molecule has 0 amide bonds. The predicted molar refractivity (Wildman–Crippen MR) is 136 cm³/mol. The Labute approximate surface area is 227 Å². The number of alkyl halides is 2. The second-order valence-corrected chi connectivity index (χ2v) is 12.6. The summed E-state index contributed by atoms with van der Waals surface area (Å²) in [4.78, 5) is 1.64. The van der Waals surface area contributed by atoms with Crippen molar-refractivity contribution in [2.75, 3.05) is 13.2 Å². The van der Waals surface area contributed by atoms with Gasteiger partial charge in [0.1, 0.15) is 17.4 Å². The number of halogens is 4. The maximum absolute atomic E-state index is 14.2. The van der Waals surface area contributed by atoms with Crippen LogP contribution in [-0.2, 0) is 36.3 Å². The Morgan fingerprint density at radius 3 is 1.87 bits per heavy atom. The van der Waals surface area contributed by atoms with E-state index in [2.05, 4.69) is 0 Å². The van der Waals surface area contributed by atoms with Crippen LogP contribution in [0, 0.1) is 11.6 Å². The summed E-state index contributed by atoms with van der Waals surface area (Å²) in [5.74, 6) is -2.53. The maximum Gasteiger partial charge on any atom is 0.405 e. The number of benzene rings is 3. The number of rotatable bonds is 8. The monoisotopic (exact) mass is 587 g/mol. The summed E-state index contributed by atoms with van der Waals surface area (Å²) >= 11 is 0. The maximum atomic E-state index is 14.2. The van der Waals surface area contributed by atoms with Crippen LogP contribution in [0.15, 0.2) is 81.4 Å². The first kappa shape index (κ1) is 29.3. The molecule has 1 N–H and O–H groups in total. The Morgan fingerprint density at radius 1 is 0.897 bits per heavy atom. The average molecular weight is 588 g/mol. The van der Waals surface area contributed by atoms with Gasteiger partial charge in [-0.3, -0.25) is 4.55 Å². The summed E-state index contributed by atoms with van der Waals surface area (Å²) in [6.45, 7) is 3.74. The van der Waals surface area contributed by atoms with Crippen molar-refractivity contribution < 1.29 is 44.7 Å². The molecule has 210 valence electrons. The van der Waals surface area contributed by atoms with Crippen LogP contribution in [0.2, 0.25) is 0 Å². The normalized spacial score (nSPS) is 17.7. The van der Waals surface area contributed by atoms with E-state index in [1.54, 1.807) is 0 Å². The van der Waals surface area contributed by atoms with Crippen molar-refractivity contribution in [2.45, 2.75) is 58.5 Å². The molecule has 1 aliphatic heterocycles. The van der Waals surface area contributed by atoms with Crippen LogP contribution in [0.25, 0.3) is 0 Å². The van der Waals surface area contributed by atoms with E-state index < -0.39 is 49.8 Å². The van der Waals surface area contributed by atoms with Gasteiger partial charge < -0.3 is 14.2 Å². The van der Waals surface area contributed by atoms with Gasteiger partial charge in [0.25, 0.3) is 0 Å². The highest BCUT2D eigenvalue weighted by Gasteiger charge is 2.51. The Balaban J connectivity index is 1.67. The molecule has 2 atom stereocenters. The standard InChI is InChI=1S/C27H26F4O6S2/c1-18(27(30,31)39(32,33)34)37-22-7-11-24(12-8-22)38(25-16-20(28)15-21(29)17-25)23-9-5-19(6-10-23)26(2)35-13-3-4-14-36-26/h5-12,15-18H,3-4,13-14H2,1-2H3/p+1. The van der Waals surface area contributed by atoms with Crippen molar-refractivity contribution >= 4 is 21.0 Å². The molecule has 12 heteroatoms. The summed E-state index contributed by atoms with van der Waals surface area (Å²) in [5, 5.41) is -4.53. The van der Waals surface area contributed by atoms with Crippen LogP contribution in [0.5, 0.6) is 5.75 Å². The molecule has 39 heavy (non-hydrogen) atoms. The molecule has 1 fully saturated rings. The first-order chi connectivity index (χ1) is 18.3. The molecule has 2 unspecified atom stereocenters. The number of hydrogen-bond acceptors (Lipinski definition) is 5.